The van der Waals surface area contributed by atoms with Crippen LogP contribution in [-0.2, 0) is 18.3 Å². The lowest BCUT2D eigenvalue weighted by molar-refractivity contribution is 0.0527. The fourth-order valence-corrected chi connectivity index (χ4v) is 2.61. The van der Waals surface area contributed by atoms with Crippen LogP contribution in [0.2, 0.25) is 0 Å². The average molecular weight is 294 g/mol. The maximum Gasteiger partial charge on any atom is 0.343 e. The topological polar surface area (TPSA) is 69.0 Å². The highest BCUT2D eigenvalue weighted by molar-refractivity contribution is 7.10. The van der Waals surface area contributed by atoms with E-state index in [-0.39, 0.29) is 5.97 Å². The van der Waals surface area contributed by atoms with E-state index < -0.39 is 0 Å². The number of hydrogen-bond acceptors (Lipinski definition) is 6. The highest BCUT2D eigenvalue weighted by atomic mass is 32.1. The van der Waals surface area contributed by atoms with Crippen molar-refractivity contribution in [3.8, 4) is 0 Å². The highest BCUT2D eigenvalue weighted by Crippen LogP contribution is 2.26. The van der Waals surface area contributed by atoms with Crippen LogP contribution in [0.4, 0.5) is 5.00 Å². The molecule has 7 heteroatoms. The molecular formula is C13H18N4O2S. The predicted octanol–water partition coefficient (Wildman–Crippen LogP) is 2.28. The van der Waals surface area contributed by atoms with Gasteiger partial charge in [0.25, 0.3) is 0 Å². The van der Waals surface area contributed by atoms with Crippen LogP contribution >= 0.6 is 11.5 Å². The van der Waals surface area contributed by atoms with Crippen molar-refractivity contribution in [3.63, 3.8) is 0 Å². The van der Waals surface area contributed by atoms with Crippen molar-refractivity contribution in [1.29, 1.82) is 0 Å². The van der Waals surface area contributed by atoms with Gasteiger partial charge in [-0.05, 0) is 32.3 Å². The van der Waals surface area contributed by atoms with Crippen molar-refractivity contribution in [2.24, 2.45) is 7.05 Å². The Morgan fingerprint density at radius 3 is 2.85 bits per heavy atom. The van der Waals surface area contributed by atoms with Crippen LogP contribution in [0.25, 0.3) is 0 Å². The van der Waals surface area contributed by atoms with E-state index in [2.05, 4.69) is 14.8 Å². The highest BCUT2D eigenvalue weighted by Gasteiger charge is 2.19. The molecule has 0 aliphatic carbocycles. The summed E-state index contributed by atoms with van der Waals surface area (Å²) >= 11 is 1.27. The van der Waals surface area contributed by atoms with Crippen LogP contribution < -0.4 is 5.32 Å². The summed E-state index contributed by atoms with van der Waals surface area (Å²) in [4.78, 5) is 11.9. The maximum absolute atomic E-state index is 11.9. The number of aromatic nitrogens is 3. The van der Waals surface area contributed by atoms with Crippen molar-refractivity contribution < 1.29 is 9.53 Å². The Morgan fingerprint density at radius 2 is 2.25 bits per heavy atom. The monoisotopic (exact) mass is 294 g/mol. The lowest BCUT2D eigenvalue weighted by Crippen LogP contribution is -2.09. The minimum atomic E-state index is -0.329. The zero-order valence-corrected chi connectivity index (χ0v) is 12.9. The first kappa shape index (κ1) is 14.5. The second-order valence-corrected chi connectivity index (χ2v) is 5.20. The zero-order valence-electron chi connectivity index (χ0n) is 12.1. The molecular weight excluding hydrogens is 276 g/mol. The minimum Gasteiger partial charge on any atom is -0.462 e. The van der Waals surface area contributed by atoms with Crippen LogP contribution in [0, 0.1) is 13.8 Å². The van der Waals surface area contributed by atoms with Gasteiger partial charge in [-0.15, -0.1) is 0 Å². The molecule has 0 amide bonds. The van der Waals surface area contributed by atoms with Crippen molar-refractivity contribution in [1.82, 2.24) is 14.2 Å². The summed E-state index contributed by atoms with van der Waals surface area (Å²) < 4.78 is 11.1. The Labute approximate surface area is 121 Å². The molecule has 20 heavy (non-hydrogen) atoms. The van der Waals surface area contributed by atoms with Crippen molar-refractivity contribution in [2.45, 2.75) is 27.3 Å². The smallest absolute Gasteiger partial charge is 0.343 e. The fourth-order valence-electron chi connectivity index (χ4n) is 1.83. The number of anilines is 1. The van der Waals surface area contributed by atoms with Gasteiger partial charge in [-0.3, -0.25) is 4.68 Å². The number of rotatable bonds is 5. The minimum absolute atomic E-state index is 0.329. The molecule has 1 N–H and O–H groups in total. The molecule has 0 saturated carbocycles. The standard InChI is InChI=1S/C13H18N4O2S/c1-5-19-13(18)11-8(2)16-20-12(11)14-6-10-7-15-17(4)9(10)3/h7,14H,5-6H2,1-4H3. The molecule has 0 unspecified atom stereocenters. The molecule has 2 rings (SSSR count). The summed E-state index contributed by atoms with van der Waals surface area (Å²) in [5.74, 6) is -0.329. The first-order valence-electron chi connectivity index (χ1n) is 6.39. The van der Waals surface area contributed by atoms with E-state index in [4.69, 9.17) is 4.74 Å². The van der Waals surface area contributed by atoms with Crippen LogP contribution in [-0.4, -0.2) is 26.7 Å². The number of carbonyl (C=O) groups is 1. The molecule has 0 aromatic carbocycles. The molecule has 0 saturated heterocycles. The fraction of sp³-hybridized carbons (Fsp3) is 0.462. The van der Waals surface area contributed by atoms with E-state index in [0.29, 0.717) is 24.4 Å². The van der Waals surface area contributed by atoms with Crippen LogP contribution in [0.15, 0.2) is 6.20 Å². The van der Waals surface area contributed by atoms with Gasteiger partial charge in [0.05, 0.1) is 18.5 Å². The summed E-state index contributed by atoms with van der Waals surface area (Å²) in [6, 6.07) is 0. The van der Waals surface area contributed by atoms with Gasteiger partial charge in [0.1, 0.15) is 10.6 Å². The van der Waals surface area contributed by atoms with Crippen LogP contribution in [0.5, 0.6) is 0 Å². The number of hydrogen-bond donors (Lipinski definition) is 1. The maximum atomic E-state index is 11.9. The van der Waals surface area contributed by atoms with Gasteiger partial charge in [0, 0.05) is 24.8 Å². The quantitative estimate of drug-likeness (QED) is 0.857. The van der Waals surface area contributed by atoms with Crippen molar-refractivity contribution in [3.05, 3.63) is 28.7 Å². The van der Waals surface area contributed by atoms with Gasteiger partial charge in [-0.1, -0.05) is 0 Å². The molecule has 0 radical (unpaired) electrons. The largest absolute Gasteiger partial charge is 0.462 e. The third kappa shape index (κ3) is 2.82. The van der Waals surface area contributed by atoms with Gasteiger partial charge < -0.3 is 10.1 Å². The number of nitrogens with zero attached hydrogens (tertiary/aromatic N) is 3. The zero-order chi connectivity index (χ0) is 14.7. The first-order valence-corrected chi connectivity index (χ1v) is 7.16. The van der Waals surface area contributed by atoms with Gasteiger partial charge in [0.15, 0.2) is 0 Å². The number of esters is 1. The summed E-state index contributed by atoms with van der Waals surface area (Å²) in [7, 11) is 1.90. The van der Waals surface area contributed by atoms with Gasteiger partial charge >= 0.3 is 5.97 Å². The molecule has 2 aromatic rings. The Bertz CT molecular complexity index is 618. The number of carbonyl (C=O) groups excluding carboxylic acids is 1. The predicted molar refractivity (Wildman–Crippen MR) is 78.1 cm³/mol. The molecule has 0 bridgehead atoms. The average Bonchev–Trinajstić information content (AvgIpc) is 2.93. The second kappa shape index (κ2) is 6.04. The van der Waals surface area contributed by atoms with Crippen molar-refractivity contribution >= 4 is 22.5 Å². The molecule has 108 valence electrons. The SMILES string of the molecule is CCOC(=O)c1c(C)nsc1NCc1cnn(C)c1C. The summed E-state index contributed by atoms with van der Waals surface area (Å²) in [6.45, 7) is 6.57. The van der Waals surface area contributed by atoms with Gasteiger partial charge in [-0.25, -0.2) is 4.79 Å². The van der Waals surface area contributed by atoms with E-state index in [1.165, 1.54) is 11.5 Å². The van der Waals surface area contributed by atoms with E-state index >= 15 is 0 Å². The number of nitrogens with one attached hydrogen (secondary N) is 1. The van der Waals surface area contributed by atoms with Crippen LogP contribution in [0.1, 0.15) is 34.2 Å². The molecule has 2 heterocycles. The molecule has 0 aliphatic rings. The van der Waals surface area contributed by atoms with Gasteiger partial charge in [0.2, 0.25) is 0 Å². The van der Waals surface area contributed by atoms with Crippen LogP contribution in [0.3, 0.4) is 0 Å². The van der Waals surface area contributed by atoms with E-state index in [0.717, 1.165) is 16.3 Å². The number of ether oxygens (including phenoxy) is 1. The van der Waals surface area contributed by atoms with Crippen molar-refractivity contribution in [2.75, 3.05) is 11.9 Å². The second-order valence-electron chi connectivity index (χ2n) is 4.42. The van der Waals surface area contributed by atoms with E-state index in [9.17, 15) is 4.79 Å². The lowest BCUT2D eigenvalue weighted by Gasteiger charge is -2.06. The normalized spacial score (nSPS) is 10.6. The third-order valence-electron chi connectivity index (χ3n) is 3.12. The molecule has 6 nitrogen and oxygen atoms in total. The lowest BCUT2D eigenvalue weighted by atomic mass is 10.2. The first-order chi connectivity index (χ1) is 9.54. The molecule has 0 atom stereocenters. The molecule has 0 fully saturated rings. The van der Waals surface area contributed by atoms with E-state index in [1.807, 2.05) is 31.8 Å². The third-order valence-corrected chi connectivity index (χ3v) is 4.01. The summed E-state index contributed by atoms with van der Waals surface area (Å²) in [5, 5.41) is 8.18. The molecule has 0 aliphatic heterocycles. The molecule has 0 spiro atoms. The Morgan fingerprint density at radius 1 is 1.50 bits per heavy atom. The Balaban J connectivity index is 2.14. The summed E-state index contributed by atoms with van der Waals surface area (Å²) in [5.41, 5.74) is 3.40. The number of aryl methyl sites for hydroxylation is 2. The Hall–Kier alpha value is -1.89. The summed E-state index contributed by atoms with van der Waals surface area (Å²) in [6.07, 6.45) is 1.82. The van der Waals surface area contributed by atoms with Gasteiger partial charge in [-0.2, -0.15) is 9.47 Å². The molecule has 2 aromatic heterocycles. The Kier molecular flexibility index (Phi) is 4.39. The van der Waals surface area contributed by atoms with E-state index in [1.54, 1.807) is 6.92 Å².